The molecule has 3 heteroatoms. The van der Waals surface area contributed by atoms with E-state index in [1.807, 2.05) is 0 Å². The summed E-state index contributed by atoms with van der Waals surface area (Å²) < 4.78 is 0. The van der Waals surface area contributed by atoms with Crippen LogP contribution in [0.1, 0.15) is 52.9 Å². The fraction of sp³-hybridized carbons (Fsp3) is 0.917. The lowest BCUT2D eigenvalue weighted by atomic mass is 9.99. The van der Waals surface area contributed by atoms with Crippen LogP contribution >= 0.6 is 0 Å². The highest BCUT2D eigenvalue weighted by Gasteiger charge is 2.09. The largest absolute Gasteiger partial charge is 0.333 e. The Balaban J connectivity index is 3.70. The fourth-order valence-electron chi connectivity index (χ4n) is 1.62. The lowest BCUT2D eigenvalue weighted by molar-refractivity contribution is 0.368. The maximum atomic E-state index is 10.2. The summed E-state index contributed by atoms with van der Waals surface area (Å²) in [6.07, 6.45) is 7.76. The van der Waals surface area contributed by atoms with Crippen molar-refractivity contribution in [2.45, 2.75) is 59.0 Å². The summed E-state index contributed by atoms with van der Waals surface area (Å²) in [4.78, 5) is 10.2. The maximum absolute atomic E-state index is 10.2. The molecular weight excluding hydrogens is 188 g/mol. The molecule has 0 saturated carbocycles. The molecule has 0 spiro atoms. The van der Waals surface area contributed by atoms with Gasteiger partial charge in [0.2, 0.25) is 0 Å². The predicted molar refractivity (Wildman–Crippen MR) is 64.2 cm³/mol. The Bertz CT molecular complexity index is 151. The van der Waals surface area contributed by atoms with E-state index in [-0.39, 0.29) is 6.17 Å². The zero-order valence-electron chi connectivity index (χ0n) is 10.3. The molecular formula is C12H25N2O. The monoisotopic (exact) mass is 213 g/mol. The molecule has 0 bridgehead atoms. The van der Waals surface area contributed by atoms with E-state index < -0.39 is 0 Å². The average molecular weight is 213 g/mol. The van der Waals surface area contributed by atoms with E-state index in [0.29, 0.717) is 0 Å². The number of hydrogen-bond donors (Lipinski definition) is 2. The summed E-state index contributed by atoms with van der Waals surface area (Å²) >= 11 is 0. The van der Waals surface area contributed by atoms with Crippen LogP contribution in [-0.2, 0) is 4.79 Å². The molecule has 0 heterocycles. The molecule has 0 rings (SSSR count). The third kappa shape index (κ3) is 7.37. The molecule has 89 valence electrons. The minimum atomic E-state index is 0.0816. The van der Waals surface area contributed by atoms with E-state index in [4.69, 9.17) is 0 Å². The Labute approximate surface area is 94.0 Å². The molecule has 0 aliphatic heterocycles. The fourth-order valence-corrected chi connectivity index (χ4v) is 1.62. The van der Waals surface area contributed by atoms with Crippen LogP contribution in [0.3, 0.4) is 0 Å². The Hall–Kier alpha value is -0.570. The molecule has 0 aromatic heterocycles. The minimum absolute atomic E-state index is 0.0816. The van der Waals surface area contributed by atoms with Crippen LogP contribution in [0, 0.1) is 5.92 Å². The van der Waals surface area contributed by atoms with Gasteiger partial charge in [0.05, 0.1) is 6.17 Å². The lowest BCUT2D eigenvalue weighted by Gasteiger charge is -2.20. The second-order valence-electron chi connectivity index (χ2n) is 4.03. The van der Waals surface area contributed by atoms with Crippen molar-refractivity contribution in [1.82, 2.24) is 10.6 Å². The Kier molecular flexibility index (Phi) is 9.59. The van der Waals surface area contributed by atoms with E-state index in [1.165, 1.54) is 25.7 Å². The van der Waals surface area contributed by atoms with E-state index in [2.05, 4.69) is 31.4 Å². The van der Waals surface area contributed by atoms with Crippen LogP contribution in [0.5, 0.6) is 0 Å². The van der Waals surface area contributed by atoms with Gasteiger partial charge in [-0.05, 0) is 25.3 Å². The maximum Gasteiger partial charge on any atom is 0.310 e. The number of rotatable bonds is 10. The zero-order chi connectivity index (χ0) is 11.5. The molecule has 0 fully saturated rings. The highest BCUT2D eigenvalue weighted by Crippen LogP contribution is 2.11. The van der Waals surface area contributed by atoms with Crippen molar-refractivity contribution < 1.29 is 4.79 Å². The quantitative estimate of drug-likeness (QED) is 0.431. The number of unbranched alkanes of at least 4 members (excludes halogenated alkanes) is 1. The molecule has 2 N–H and O–H groups in total. The van der Waals surface area contributed by atoms with Gasteiger partial charge >= 0.3 is 6.41 Å². The van der Waals surface area contributed by atoms with Crippen molar-refractivity contribution in [3.63, 3.8) is 0 Å². The van der Waals surface area contributed by atoms with Gasteiger partial charge in [-0.15, -0.1) is 0 Å². The number of nitrogens with one attached hydrogen (secondary N) is 2. The average Bonchev–Trinajstić information content (AvgIpc) is 2.27. The lowest BCUT2D eigenvalue weighted by Crippen LogP contribution is -2.43. The van der Waals surface area contributed by atoms with Crippen molar-refractivity contribution in [2.24, 2.45) is 5.92 Å². The highest BCUT2D eigenvalue weighted by atomic mass is 16.1. The van der Waals surface area contributed by atoms with Crippen LogP contribution in [0.4, 0.5) is 0 Å². The number of amides is 1. The van der Waals surface area contributed by atoms with Crippen LogP contribution in [-0.4, -0.2) is 19.1 Å². The second-order valence-corrected chi connectivity index (χ2v) is 4.03. The van der Waals surface area contributed by atoms with Crippen molar-refractivity contribution in [3.8, 4) is 0 Å². The SMILES string of the molecule is CCCCC(CC)CNC(CC)N[C]=O. The van der Waals surface area contributed by atoms with Crippen molar-refractivity contribution in [3.05, 3.63) is 0 Å². The minimum Gasteiger partial charge on any atom is -0.333 e. The van der Waals surface area contributed by atoms with E-state index in [0.717, 1.165) is 18.9 Å². The molecule has 0 saturated heterocycles. The molecule has 0 aromatic carbocycles. The van der Waals surface area contributed by atoms with Crippen LogP contribution in [0.2, 0.25) is 0 Å². The first kappa shape index (κ1) is 14.4. The van der Waals surface area contributed by atoms with Crippen LogP contribution < -0.4 is 10.6 Å². The Morgan fingerprint density at radius 3 is 2.40 bits per heavy atom. The van der Waals surface area contributed by atoms with Crippen LogP contribution in [0.25, 0.3) is 0 Å². The molecule has 1 radical (unpaired) electrons. The summed E-state index contributed by atoms with van der Waals surface area (Å²) in [5, 5.41) is 6.01. The van der Waals surface area contributed by atoms with Crippen molar-refractivity contribution in [1.29, 1.82) is 0 Å². The van der Waals surface area contributed by atoms with Gasteiger partial charge in [-0.2, -0.15) is 0 Å². The Morgan fingerprint density at radius 1 is 1.20 bits per heavy atom. The predicted octanol–water partition coefficient (Wildman–Crippen LogP) is 2.19. The van der Waals surface area contributed by atoms with E-state index >= 15 is 0 Å². The van der Waals surface area contributed by atoms with Crippen LogP contribution in [0.15, 0.2) is 0 Å². The van der Waals surface area contributed by atoms with Gasteiger partial charge in [-0.3, -0.25) is 10.1 Å². The molecule has 0 aliphatic carbocycles. The third-order valence-corrected chi connectivity index (χ3v) is 2.84. The summed E-state index contributed by atoms with van der Waals surface area (Å²) in [6, 6.07) is 0. The first-order valence-corrected chi connectivity index (χ1v) is 6.14. The van der Waals surface area contributed by atoms with Crippen molar-refractivity contribution in [2.75, 3.05) is 6.54 Å². The summed E-state index contributed by atoms with van der Waals surface area (Å²) in [6.45, 7) is 7.48. The molecule has 3 nitrogen and oxygen atoms in total. The standard InChI is InChI=1S/C12H25N2O/c1-4-7-8-11(5-2)9-13-12(6-3)14-10-15/h11-13H,4-9H2,1-3H3,(H,14,15). The molecule has 2 atom stereocenters. The summed E-state index contributed by atoms with van der Waals surface area (Å²) in [5.41, 5.74) is 0. The van der Waals surface area contributed by atoms with E-state index in [9.17, 15) is 4.79 Å². The van der Waals surface area contributed by atoms with E-state index in [1.54, 1.807) is 6.41 Å². The molecule has 0 aromatic rings. The molecule has 15 heavy (non-hydrogen) atoms. The third-order valence-electron chi connectivity index (χ3n) is 2.84. The van der Waals surface area contributed by atoms with Gasteiger partial charge in [-0.25, -0.2) is 0 Å². The topological polar surface area (TPSA) is 41.1 Å². The van der Waals surface area contributed by atoms with Crippen molar-refractivity contribution >= 4 is 6.41 Å². The number of hydrogen-bond acceptors (Lipinski definition) is 2. The van der Waals surface area contributed by atoms with Gasteiger partial charge in [0.25, 0.3) is 0 Å². The Morgan fingerprint density at radius 2 is 1.93 bits per heavy atom. The second kappa shape index (κ2) is 9.97. The van der Waals surface area contributed by atoms with Gasteiger partial charge in [0.1, 0.15) is 0 Å². The highest BCUT2D eigenvalue weighted by molar-refractivity contribution is 5.47. The van der Waals surface area contributed by atoms with Gasteiger partial charge in [0.15, 0.2) is 0 Å². The summed E-state index contributed by atoms with van der Waals surface area (Å²) in [7, 11) is 0. The first-order valence-electron chi connectivity index (χ1n) is 6.14. The molecule has 0 aliphatic rings. The summed E-state index contributed by atoms with van der Waals surface area (Å²) in [5.74, 6) is 0.729. The number of carbonyl (C=O) groups excluding carboxylic acids is 1. The first-order chi connectivity index (χ1) is 7.28. The molecule has 1 amide bonds. The van der Waals surface area contributed by atoms with Gasteiger partial charge in [0, 0.05) is 0 Å². The molecule has 2 unspecified atom stereocenters. The van der Waals surface area contributed by atoms with Gasteiger partial charge in [-0.1, -0.05) is 40.0 Å². The normalized spacial score (nSPS) is 14.6. The van der Waals surface area contributed by atoms with Gasteiger partial charge < -0.3 is 5.32 Å². The zero-order valence-corrected chi connectivity index (χ0v) is 10.3. The smallest absolute Gasteiger partial charge is 0.310 e.